The molecule has 0 saturated carbocycles. The average Bonchev–Trinajstić information content (AvgIpc) is 2.82. The second kappa shape index (κ2) is 4.83. The van der Waals surface area contributed by atoms with Gasteiger partial charge in [0.25, 0.3) is 5.91 Å². The molecule has 1 aromatic carbocycles. The van der Waals surface area contributed by atoms with Crippen molar-refractivity contribution in [3.05, 3.63) is 34.3 Å². The Bertz CT molecular complexity index is 921. The van der Waals surface area contributed by atoms with Crippen LogP contribution in [0.2, 0.25) is 5.15 Å². The number of anilines is 1. The predicted molar refractivity (Wildman–Crippen MR) is 92.3 cm³/mol. The van der Waals surface area contributed by atoms with E-state index in [9.17, 15) is 4.79 Å². The van der Waals surface area contributed by atoms with E-state index < -0.39 is 0 Å². The summed E-state index contributed by atoms with van der Waals surface area (Å²) in [5.41, 5.74) is 1.85. The van der Waals surface area contributed by atoms with Gasteiger partial charge in [-0.15, -0.1) is 11.3 Å². The van der Waals surface area contributed by atoms with Gasteiger partial charge in [-0.3, -0.25) is 4.79 Å². The zero-order chi connectivity index (χ0) is 15.4. The van der Waals surface area contributed by atoms with Crippen molar-refractivity contribution in [3.63, 3.8) is 0 Å². The number of fused-ring (bicyclic) bond motifs is 5. The van der Waals surface area contributed by atoms with Gasteiger partial charge in [0.15, 0.2) is 0 Å². The minimum Gasteiger partial charge on any atom is -0.371 e. The average molecular weight is 332 g/mol. The highest BCUT2D eigenvalue weighted by Gasteiger charge is 2.27. The molecule has 0 saturated heterocycles. The molecule has 4 nitrogen and oxygen atoms in total. The fourth-order valence-corrected chi connectivity index (χ4v) is 4.44. The molecular formula is C16H14ClN3OS. The normalized spacial score (nSPS) is 18.4. The third kappa shape index (κ3) is 1.96. The molecule has 0 spiro atoms. The molecule has 1 aliphatic heterocycles. The van der Waals surface area contributed by atoms with E-state index in [0.717, 1.165) is 38.1 Å². The summed E-state index contributed by atoms with van der Waals surface area (Å²) in [4.78, 5) is 19.8. The molecule has 3 aromatic rings. The monoisotopic (exact) mass is 331 g/mol. The van der Waals surface area contributed by atoms with Crippen LogP contribution in [0.3, 0.4) is 0 Å². The third-order valence-electron chi connectivity index (χ3n) is 3.98. The van der Waals surface area contributed by atoms with E-state index in [4.69, 9.17) is 11.6 Å². The van der Waals surface area contributed by atoms with Crippen LogP contribution in [0.4, 0.5) is 5.69 Å². The lowest BCUT2D eigenvalue weighted by Gasteiger charge is -2.20. The molecule has 4 rings (SSSR count). The van der Waals surface area contributed by atoms with E-state index in [1.165, 1.54) is 11.3 Å². The number of nitrogens with zero attached hydrogens (tertiary/aromatic N) is 2. The van der Waals surface area contributed by atoms with Crippen LogP contribution >= 0.6 is 22.9 Å². The molecule has 1 unspecified atom stereocenters. The van der Waals surface area contributed by atoms with Gasteiger partial charge in [-0.2, -0.15) is 0 Å². The van der Waals surface area contributed by atoms with Crippen molar-refractivity contribution in [2.75, 3.05) is 18.5 Å². The van der Waals surface area contributed by atoms with E-state index in [2.05, 4.69) is 15.2 Å². The molecule has 1 aliphatic rings. The van der Waals surface area contributed by atoms with Gasteiger partial charge in [0.2, 0.25) is 0 Å². The standard InChI is InChI=1S/C16H14ClN3OS/c1-8-7-20(2)14-13-9-3-6-12(17)19-10(9)4-5-11(13)22-15(14)16(21)18-8/h3-6,8H,7H2,1-2H3,(H,18,21). The van der Waals surface area contributed by atoms with Crippen LogP contribution in [0, 0.1) is 0 Å². The molecule has 0 radical (unpaired) electrons. The van der Waals surface area contributed by atoms with Crippen LogP contribution in [0.25, 0.3) is 21.0 Å². The first-order valence-corrected chi connectivity index (χ1v) is 8.28. The van der Waals surface area contributed by atoms with Crippen LogP contribution in [-0.4, -0.2) is 30.5 Å². The Morgan fingerprint density at radius 3 is 3.00 bits per heavy atom. The highest BCUT2D eigenvalue weighted by Crippen LogP contribution is 2.42. The first-order chi connectivity index (χ1) is 10.5. The number of carbonyl (C=O) groups excluding carboxylic acids is 1. The number of nitrogens with one attached hydrogen (secondary N) is 1. The Morgan fingerprint density at radius 1 is 1.36 bits per heavy atom. The summed E-state index contributed by atoms with van der Waals surface area (Å²) in [5.74, 6) is 0.00289. The molecule has 112 valence electrons. The van der Waals surface area contributed by atoms with Gasteiger partial charge < -0.3 is 10.2 Å². The molecule has 0 bridgehead atoms. The molecule has 6 heteroatoms. The summed E-state index contributed by atoms with van der Waals surface area (Å²) in [6, 6.07) is 7.88. The quantitative estimate of drug-likeness (QED) is 0.639. The van der Waals surface area contributed by atoms with Crippen LogP contribution in [0.5, 0.6) is 0 Å². The first kappa shape index (κ1) is 13.8. The van der Waals surface area contributed by atoms with Gasteiger partial charge in [-0.1, -0.05) is 11.6 Å². The lowest BCUT2D eigenvalue weighted by Crippen LogP contribution is -2.36. The predicted octanol–water partition coefficient (Wildman–Crippen LogP) is 3.67. The number of benzene rings is 1. The van der Waals surface area contributed by atoms with E-state index >= 15 is 0 Å². The zero-order valence-electron chi connectivity index (χ0n) is 12.2. The van der Waals surface area contributed by atoms with Gasteiger partial charge in [0, 0.05) is 35.1 Å². The molecule has 1 atom stereocenters. The summed E-state index contributed by atoms with van der Waals surface area (Å²) >= 11 is 7.53. The number of thiophene rings is 1. The molecule has 22 heavy (non-hydrogen) atoms. The van der Waals surface area contributed by atoms with Crippen molar-refractivity contribution >= 4 is 55.5 Å². The highest BCUT2D eigenvalue weighted by atomic mass is 35.5. The number of likely N-dealkylation sites (N-methyl/N-ethyl adjacent to an activating group) is 1. The lowest BCUT2D eigenvalue weighted by molar-refractivity contribution is 0.0949. The van der Waals surface area contributed by atoms with Gasteiger partial charge in [0.1, 0.15) is 10.0 Å². The Hall–Kier alpha value is -1.85. The van der Waals surface area contributed by atoms with Gasteiger partial charge >= 0.3 is 0 Å². The van der Waals surface area contributed by atoms with Crippen molar-refractivity contribution in [1.29, 1.82) is 0 Å². The van der Waals surface area contributed by atoms with Crippen molar-refractivity contribution in [1.82, 2.24) is 10.3 Å². The number of aromatic nitrogens is 1. The summed E-state index contributed by atoms with van der Waals surface area (Å²) in [6.07, 6.45) is 0. The molecule has 0 fully saturated rings. The number of rotatable bonds is 0. The largest absolute Gasteiger partial charge is 0.371 e. The number of carbonyl (C=O) groups is 1. The number of pyridine rings is 1. The number of halogens is 1. The van der Waals surface area contributed by atoms with E-state index in [1.807, 2.05) is 32.2 Å². The second-order valence-electron chi connectivity index (χ2n) is 5.67. The number of amides is 1. The second-order valence-corrected chi connectivity index (χ2v) is 7.11. The number of hydrogen-bond donors (Lipinski definition) is 1. The summed E-state index contributed by atoms with van der Waals surface area (Å²) in [6.45, 7) is 2.80. The smallest absolute Gasteiger partial charge is 0.263 e. The lowest BCUT2D eigenvalue weighted by atomic mass is 10.1. The fraction of sp³-hybridized carbons (Fsp3) is 0.250. The van der Waals surface area contributed by atoms with Gasteiger partial charge in [0.05, 0.1) is 11.2 Å². The Labute approximate surface area is 136 Å². The van der Waals surface area contributed by atoms with E-state index in [-0.39, 0.29) is 11.9 Å². The minimum atomic E-state index is 0.00289. The molecule has 3 heterocycles. The molecule has 1 amide bonds. The van der Waals surface area contributed by atoms with Gasteiger partial charge in [-0.05, 0) is 31.2 Å². The topological polar surface area (TPSA) is 45.2 Å². The van der Waals surface area contributed by atoms with Crippen molar-refractivity contribution in [2.45, 2.75) is 13.0 Å². The maximum absolute atomic E-state index is 12.5. The Balaban J connectivity index is 2.11. The van der Waals surface area contributed by atoms with Crippen molar-refractivity contribution in [3.8, 4) is 0 Å². The van der Waals surface area contributed by atoms with Crippen LogP contribution in [0.1, 0.15) is 16.6 Å². The van der Waals surface area contributed by atoms with Crippen molar-refractivity contribution < 1.29 is 4.79 Å². The van der Waals surface area contributed by atoms with Crippen molar-refractivity contribution in [2.24, 2.45) is 0 Å². The summed E-state index contributed by atoms with van der Waals surface area (Å²) in [5, 5.41) is 5.65. The maximum atomic E-state index is 12.5. The van der Waals surface area contributed by atoms with Gasteiger partial charge in [-0.25, -0.2) is 4.98 Å². The minimum absolute atomic E-state index is 0.00289. The molecular weight excluding hydrogens is 318 g/mol. The molecule has 2 aromatic heterocycles. The van der Waals surface area contributed by atoms with E-state index in [0.29, 0.717) is 5.15 Å². The SMILES string of the molecule is CC1CN(C)c2c(sc3ccc4nc(Cl)ccc4c23)C(=O)N1. The summed E-state index contributed by atoms with van der Waals surface area (Å²) < 4.78 is 1.10. The molecule has 1 N–H and O–H groups in total. The third-order valence-corrected chi connectivity index (χ3v) is 5.33. The summed E-state index contributed by atoms with van der Waals surface area (Å²) in [7, 11) is 2.03. The first-order valence-electron chi connectivity index (χ1n) is 7.08. The fourth-order valence-electron chi connectivity index (χ4n) is 3.12. The van der Waals surface area contributed by atoms with Crippen LogP contribution in [-0.2, 0) is 0 Å². The van der Waals surface area contributed by atoms with E-state index in [1.54, 1.807) is 6.07 Å². The Kier molecular flexibility index (Phi) is 3.03. The van der Waals surface area contributed by atoms with Crippen LogP contribution < -0.4 is 10.2 Å². The number of hydrogen-bond acceptors (Lipinski definition) is 4. The Morgan fingerprint density at radius 2 is 2.18 bits per heavy atom. The molecule has 0 aliphatic carbocycles. The maximum Gasteiger partial charge on any atom is 0.263 e. The van der Waals surface area contributed by atoms with Crippen LogP contribution in [0.15, 0.2) is 24.3 Å². The highest BCUT2D eigenvalue weighted by molar-refractivity contribution is 7.21. The zero-order valence-corrected chi connectivity index (χ0v) is 13.8.